The van der Waals surface area contributed by atoms with Crippen LogP contribution in [0.1, 0.15) is 6.92 Å². The summed E-state index contributed by atoms with van der Waals surface area (Å²) in [4.78, 5) is 10.3. The molecule has 0 bridgehead atoms. The topological polar surface area (TPSA) is 26.3 Å². The van der Waals surface area contributed by atoms with Gasteiger partial charge in [-0.2, -0.15) is 0 Å². The molecule has 0 saturated carbocycles. The average Bonchev–Trinajstić information content (AvgIpc) is 1.89. The van der Waals surface area contributed by atoms with Gasteiger partial charge in [-0.15, -0.1) is 0 Å². The van der Waals surface area contributed by atoms with Crippen molar-refractivity contribution in [2.75, 3.05) is 0 Å². The molecule has 54 valence electrons. The number of carbonyl (C=O) groups excluding carboxylic acids is 1. The van der Waals surface area contributed by atoms with Gasteiger partial charge in [-0.3, -0.25) is 0 Å². The normalized spacial score (nSPS) is 11.0. The van der Waals surface area contributed by atoms with E-state index in [1.54, 1.807) is 33.6 Å². The SMILES string of the molecule is C/C=C/C=C/C(=O)[O][Au]. The van der Waals surface area contributed by atoms with Crippen molar-refractivity contribution >= 4 is 5.97 Å². The Balaban J connectivity index is 3.57. The van der Waals surface area contributed by atoms with Gasteiger partial charge in [-0.25, -0.2) is 0 Å². The second-order valence-electron chi connectivity index (χ2n) is 1.27. The molecular weight excluding hydrogens is 301 g/mol. The van der Waals surface area contributed by atoms with Crippen molar-refractivity contribution in [1.82, 2.24) is 0 Å². The Morgan fingerprint density at radius 1 is 1.56 bits per heavy atom. The predicted octanol–water partition coefficient (Wildman–Crippen LogP) is 1.12. The van der Waals surface area contributed by atoms with E-state index in [0.29, 0.717) is 0 Å². The molecule has 2 nitrogen and oxygen atoms in total. The van der Waals surface area contributed by atoms with Crippen molar-refractivity contribution < 1.29 is 29.5 Å². The molecule has 0 saturated heterocycles. The van der Waals surface area contributed by atoms with E-state index in [-0.39, 0.29) is 5.97 Å². The van der Waals surface area contributed by atoms with E-state index in [4.69, 9.17) is 0 Å². The molecule has 0 radical (unpaired) electrons. The molecule has 9 heavy (non-hydrogen) atoms. The first-order valence-electron chi connectivity index (χ1n) is 2.40. The number of carbonyl (C=O) groups is 1. The summed E-state index contributed by atoms with van der Waals surface area (Å²) in [6, 6.07) is 0. The van der Waals surface area contributed by atoms with Gasteiger partial charge in [0.1, 0.15) is 0 Å². The van der Waals surface area contributed by atoms with Gasteiger partial charge in [0.15, 0.2) is 0 Å². The van der Waals surface area contributed by atoms with Gasteiger partial charge in [0, 0.05) is 0 Å². The van der Waals surface area contributed by atoms with Crippen LogP contribution in [-0.2, 0) is 29.5 Å². The summed E-state index contributed by atoms with van der Waals surface area (Å²) in [6.45, 7) is 1.87. The zero-order valence-corrected chi connectivity index (χ0v) is 7.09. The number of hydrogen-bond acceptors (Lipinski definition) is 2. The Hall–Kier alpha value is -0.310. The van der Waals surface area contributed by atoms with E-state index < -0.39 is 0 Å². The molecule has 0 aliphatic rings. The fraction of sp³-hybridized carbons (Fsp3) is 0.167. The van der Waals surface area contributed by atoms with Crippen molar-refractivity contribution in [3.63, 3.8) is 0 Å². The van der Waals surface area contributed by atoms with Crippen molar-refractivity contribution in [3.8, 4) is 0 Å². The second-order valence-corrected chi connectivity index (χ2v) is 1.71. The van der Waals surface area contributed by atoms with Gasteiger partial charge in [0.05, 0.1) is 0 Å². The minimum atomic E-state index is -0.351. The van der Waals surface area contributed by atoms with Gasteiger partial charge in [0.25, 0.3) is 0 Å². The predicted molar refractivity (Wildman–Crippen MR) is 30.0 cm³/mol. The monoisotopic (exact) mass is 308 g/mol. The molecule has 0 spiro atoms. The van der Waals surface area contributed by atoms with Crippen molar-refractivity contribution in [1.29, 1.82) is 0 Å². The number of rotatable bonds is 2. The zero-order valence-electron chi connectivity index (χ0n) is 4.93. The third-order valence-electron chi connectivity index (χ3n) is 0.597. The van der Waals surface area contributed by atoms with E-state index >= 15 is 0 Å². The summed E-state index contributed by atoms with van der Waals surface area (Å²) >= 11 is 1.70. The fourth-order valence-corrected chi connectivity index (χ4v) is 0.413. The van der Waals surface area contributed by atoms with Gasteiger partial charge >= 0.3 is 66.7 Å². The standard InChI is InChI=1S/C6H8O2.Au/c1-2-3-4-5-6(7)8;/h2-5H,1H3,(H,7,8);/q;+1/p-1/b3-2+,5-4+;. The molecule has 0 rings (SSSR count). The summed E-state index contributed by atoms with van der Waals surface area (Å²) in [5.41, 5.74) is 0. The Morgan fingerprint density at radius 3 is 2.67 bits per heavy atom. The Labute approximate surface area is 67.0 Å². The summed E-state index contributed by atoms with van der Waals surface area (Å²) in [7, 11) is 0. The summed E-state index contributed by atoms with van der Waals surface area (Å²) in [5.74, 6) is -0.351. The molecule has 3 heteroatoms. The Morgan fingerprint density at radius 2 is 2.22 bits per heavy atom. The molecule has 0 fully saturated rings. The third kappa shape index (κ3) is 5.56. The molecular formula is C6H7AuO2. The van der Waals surface area contributed by atoms with Crippen LogP contribution in [0.4, 0.5) is 0 Å². The molecule has 0 unspecified atom stereocenters. The van der Waals surface area contributed by atoms with Crippen LogP contribution in [0.2, 0.25) is 0 Å². The van der Waals surface area contributed by atoms with E-state index in [0.717, 1.165) is 0 Å². The van der Waals surface area contributed by atoms with Crippen molar-refractivity contribution in [2.45, 2.75) is 6.92 Å². The first-order chi connectivity index (χ1) is 4.31. The van der Waals surface area contributed by atoms with Crippen LogP contribution in [0.5, 0.6) is 0 Å². The Kier molecular flexibility index (Phi) is 5.62. The van der Waals surface area contributed by atoms with Crippen LogP contribution in [0, 0.1) is 0 Å². The minimum absolute atomic E-state index is 0.351. The van der Waals surface area contributed by atoms with Crippen LogP contribution in [0.3, 0.4) is 0 Å². The van der Waals surface area contributed by atoms with Crippen LogP contribution < -0.4 is 0 Å². The molecule has 0 N–H and O–H groups in total. The number of allylic oxidation sites excluding steroid dienone is 3. The number of hydrogen-bond donors (Lipinski definition) is 0. The van der Waals surface area contributed by atoms with Crippen LogP contribution in [0.25, 0.3) is 0 Å². The molecule has 0 aromatic carbocycles. The zero-order chi connectivity index (χ0) is 7.11. The average molecular weight is 308 g/mol. The maximum atomic E-state index is 10.3. The first kappa shape index (κ1) is 8.69. The fourth-order valence-electron chi connectivity index (χ4n) is 0.266. The van der Waals surface area contributed by atoms with Crippen molar-refractivity contribution in [2.24, 2.45) is 0 Å². The summed E-state index contributed by atoms with van der Waals surface area (Å²) in [5, 5.41) is 0. The molecule has 0 aromatic heterocycles. The maximum absolute atomic E-state index is 10.3. The van der Waals surface area contributed by atoms with Gasteiger partial charge in [-0.1, -0.05) is 0 Å². The van der Waals surface area contributed by atoms with Crippen LogP contribution >= 0.6 is 0 Å². The summed E-state index contributed by atoms with van der Waals surface area (Å²) in [6.07, 6.45) is 6.55. The Bertz CT molecular complexity index is 138. The van der Waals surface area contributed by atoms with Crippen LogP contribution in [-0.4, -0.2) is 5.97 Å². The summed E-state index contributed by atoms with van der Waals surface area (Å²) < 4.78 is 4.28. The van der Waals surface area contributed by atoms with Gasteiger partial charge in [0.2, 0.25) is 0 Å². The van der Waals surface area contributed by atoms with E-state index in [1.807, 2.05) is 13.0 Å². The van der Waals surface area contributed by atoms with E-state index in [1.165, 1.54) is 6.08 Å². The quantitative estimate of drug-likeness (QED) is 0.434. The molecule has 0 heterocycles. The van der Waals surface area contributed by atoms with E-state index in [9.17, 15) is 4.79 Å². The third-order valence-corrected chi connectivity index (χ3v) is 1.03. The molecule has 0 amide bonds. The van der Waals surface area contributed by atoms with E-state index in [2.05, 4.69) is 3.24 Å². The molecule has 0 aliphatic carbocycles. The molecule has 0 aromatic rings. The second kappa shape index (κ2) is 5.82. The van der Waals surface area contributed by atoms with Gasteiger partial charge < -0.3 is 0 Å². The molecule has 0 atom stereocenters. The van der Waals surface area contributed by atoms with Crippen LogP contribution in [0.15, 0.2) is 24.3 Å². The first-order valence-corrected chi connectivity index (χ1v) is 3.28. The molecule has 0 aliphatic heterocycles. The van der Waals surface area contributed by atoms with Crippen molar-refractivity contribution in [3.05, 3.63) is 24.3 Å². The van der Waals surface area contributed by atoms with Gasteiger partial charge in [-0.05, 0) is 0 Å².